The molecule has 47 heavy (non-hydrogen) atoms. The zero-order valence-corrected chi connectivity index (χ0v) is 25.9. The first kappa shape index (κ1) is 34.7. The van der Waals surface area contributed by atoms with Crippen molar-refractivity contribution in [3.05, 3.63) is 86.6 Å². The summed E-state index contributed by atoms with van der Waals surface area (Å²) in [7, 11) is -6.92. The largest absolute Gasteiger partial charge is 0.871 e. The van der Waals surface area contributed by atoms with Crippen LogP contribution in [0.1, 0.15) is 43.6 Å². The number of anilines is 2. The normalized spacial score (nSPS) is 11.7. The van der Waals surface area contributed by atoms with E-state index < -0.39 is 60.4 Å². The lowest BCUT2D eigenvalue weighted by Gasteiger charge is -2.22. The van der Waals surface area contributed by atoms with Crippen LogP contribution in [0.2, 0.25) is 0 Å². The Labute approximate surface area is 266 Å². The zero-order chi connectivity index (χ0) is 34.4. The maximum absolute atomic E-state index is 13.4. The fraction of sp³-hybridized carbons (Fsp3) is 0.258. The van der Waals surface area contributed by atoms with E-state index in [0.717, 1.165) is 6.08 Å². The van der Waals surface area contributed by atoms with E-state index in [-0.39, 0.29) is 21.9 Å². The highest BCUT2D eigenvalue weighted by Gasteiger charge is 2.28. The lowest BCUT2D eigenvalue weighted by atomic mass is 10.1. The standard InChI is InChI=1S/C31H30B2F4N2O8/c1-5-38(6-2)18-12-14-20-24(16-18)44-31(43)27(28(20)41)23(46-32(34)35)11-9-10-22(40)26-29(47-33(36)37)21-15-13-19(39(7-3)8-4)17-25(21)45-30(26)42/h9-17,41H,5-8H2,1-4H3/p-1/b10-9+,23-11+. The number of carbonyl (C=O) groups excluding carboxylic acids is 1. The van der Waals surface area contributed by atoms with Gasteiger partial charge in [0.1, 0.15) is 28.2 Å². The molecule has 0 unspecified atom stereocenters. The van der Waals surface area contributed by atoms with E-state index in [1.807, 2.05) is 37.5 Å². The highest BCUT2D eigenvalue weighted by molar-refractivity contribution is 6.36. The number of rotatable bonds is 14. The number of nitrogens with zero attached hydrogens (tertiary/aromatic N) is 2. The molecular weight excluding hydrogens is 626 g/mol. The van der Waals surface area contributed by atoms with Crippen molar-refractivity contribution in [2.75, 3.05) is 36.0 Å². The van der Waals surface area contributed by atoms with E-state index in [4.69, 9.17) is 8.83 Å². The Balaban J connectivity index is 1.78. The molecule has 0 aliphatic rings. The minimum Gasteiger partial charge on any atom is -0.871 e. The molecule has 0 N–H and O–H groups in total. The van der Waals surface area contributed by atoms with E-state index in [1.54, 1.807) is 12.1 Å². The van der Waals surface area contributed by atoms with Crippen LogP contribution in [-0.2, 0) is 4.65 Å². The molecule has 16 heteroatoms. The van der Waals surface area contributed by atoms with Gasteiger partial charge in [-0.2, -0.15) is 0 Å². The molecule has 0 atom stereocenters. The molecule has 0 saturated heterocycles. The second-order valence-corrected chi connectivity index (χ2v) is 9.90. The summed E-state index contributed by atoms with van der Waals surface area (Å²) >= 11 is 0. The molecule has 0 amide bonds. The SMILES string of the molecule is CCN(CC)c1ccc2c([O-])c(/C(=C\C=C\C(=O)c3c(OB(F)F)c4ccc(N(CC)CC)cc4oc3=O)OB(F)F)c(=O)oc2c1. The first-order valence-corrected chi connectivity index (χ1v) is 14.6. The van der Waals surface area contributed by atoms with Crippen molar-refractivity contribution in [2.24, 2.45) is 0 Å². The summed E-state index contributed by atoms with van der Waals surface area (Å²) in [6, 6.07) is 8.85. The summed E-state index contributed by atoms with van der Waals surface area (Å²) in [6.45, 7) is 10.1. The Kier molecular flexibility index (Phi) is 11.1. The summed E-state index contributed by atoms with van der Waals surface area (Å²) in [4.78, 5) is 42.7. The zero-order valence-electron chi connectivity index (χ0n) is 25.9. The summed E-state index contributed by atoms with van der Waals surface area (Å²) in [5.74, 6) is -3.85. The lowest BCUT2D eigenvalue weighted by Crippen LogP contribution is -2.22. The van der Waals surface area contributed by atoms with Crippen LogP contribution in [0.25, 0.3) is 27.7 Å². The molecule has 10 nitrogen and oxygen atoms in total. The quantitative estimate of drug-likeness (QED) is 0.0318. The van der Waals surface area contributed by atoms with Gasteiger partial charge in [-0.3, -0.25) is 4.79 Å². The third-order valence-corrected chi connectivity index (χ3v) is 7.36. The predicted octanol–water partition coefficient (Wildman–Crippen LogP) is 5.69. The highest BCUT2D eigenvalue weighted by atomic mass is 19.2. The first-order chi connectivity index (χ1) is 22.4. The van der Waals surface area contributed by atoms with Gasteiger partial charge in [-0.15, -0.1) is 0 Å². The highest BCUT2D eigenvalue weighted by Crippen LogP contribution is 2.33. The Morgan fingerprint density at radius 3 is 1.83 bits per heavy atom. The summed E-state index contributed by atoms with van der Waals surface area (Å²) in [5, 5.41) is 13.1. The second-order valence-electron chi connectivity index (χ2n) is 9.90. The van der Waals surface area contributed by atoms with Gasteiger partial charge in [-0.05, 0) is 64.1 Å². The molecule has 0 spiro atoms. The van der Waals surface area contributed by atoms with Crippen LogP contribution in [0.3, 0.4) is 0 Å². The van der Waals surface area contributed by atoms with Gasteiger partial charge in [0.25, 0.3) is 0 Å². The summed E-state index contributed by atoms with van der Waals surface area (Å²) < 4.78 is 73.2. The molecule has 4 aromatic rings. The van der Waals surface area contributed by atoms with E-state index in [9.17, 15) is 36.8 Å². The van der Waals surface area contributed by atoms with Crippen LogP contribution >= 0.6 is 0 Å². The number of ketones is 1. The molecule has 0 aliphatic carbocycles. The van der Waals surface area contributed by atoms with Gasteiger partial charge in [0, 0.05) is 55.1 Å². The average Bonchev–Trinajstić information content (AvgIpc) is 3.01. The Bertz CT molecular complexity index is 1950. The number of benzene rings is 2. The smallest absolute Gasteiger partial charge is 0.796 e. The van der Waals surface area contributed by atoms with Crippen molar-refractivity contribution in [3.8, 4) is 11.5 Å². The van der Waals surface area contributed by atoms with Gasteiger partial charge in [0.15, 0.2) is 5.78 Å². The molecule has 4 rings (SSSR count). The van der Waals surface area contributed by atoms with Crippen LogP contribution in [0.5, 0.6) is 11.5 Å². The molecule has 246 valence electrons. The summed E-state index contributed by atoms with van der Waals surface area (Å²) in [5.41, 5.74) is -3.24. The number of hydrogen-bond donors (Lipinski definition) is 0. The van der Waals surface area contributed by atoms with Gasteiger partial charge in [-0.1, -0.05) is 11.8 Å². The molecule has 2 aromatic heterocycles. The van der Waals surface area contributed by atoms with E-state index in [0.29, 0.717) is 49.7 Å². The number of allylic oxidation sites excluding steroid dienone is 3. The maximum Gasteiger partial charge on any atom is 0.796 e. The van der Waals surface area contributed by atoms with Crippen molar-refractivity contribution in [2.45, 2.75) is 27.7 Å². The molecular formula is C31H29B2F4N2O8-. The van der Waals surface area contributed by atoms with Gasteiger partial charge < -0.3 is 33.0 Å². The number of carbonyl (C=O) groups is 1. The fourth-order valence-corrected chi connectivity index (χ4v) is 5.11. The van der Waals surface area contributed by atoms with Crippen molar-refractivity contribution in [3.63, 3.8) is 0 Å². The summed E-state index contributed by atoms with van der Waals surface area (Å²) in [6.07, 6.45) is 2.16. The average molecular weight is 655 g/mol. The molecule has 0 bridgehead atoms. The van der Waals surface area contributed by atoms with E-state index >= 15 is 0 Å². The molecule has 0 fully saturated rings. The monoisotopic (exact) mass is 655 g/mol. The van der Waals surface area contributed by atoms with Crippen LogP contribution < -0.4 is 30.8 Å². The van der Waals surface area contributed by atoms with E-state index in [1.165, 1.54) is 24.3 Å². The molecule has 0 radical (unpaired) electrons. The molecule has 0 saturated carbocycles. The van der Waals surface area contributed by atoms with Crippen LogP contribution in [0, 0.1) is 0 Å². The van der Waals surface area contributed by atoms with Crippen molar-refractivity contribution < 1.29 is 45.3 Å². The predicted molar refractivity (Wildman–Crippen MR) is 171 cm³/mol. The second kappa shape index (κ2) is 15.0. The molecule has 0 aliphatic heterocycles. The van der Waals surface area contributed by atoms with Crippen LogP contribution in [0.15, 0.2) is 73.0 Å². The Morgan fingerprint density at radius 2 is 1.32 bits per heavy atom. The Hall–Kier alpha value is -5.14. The van der Waals surface area contributed by atoms with Crippen molar-refractivity contribution >= 4 is 59.8 Å². The van der Waals surface area contributed by atoms with Gasteiger partial charge in [-0.25, -0.2) is 26.9 Å². The fourth-order valence-electron chi connectivity index (χ4n) is 5.11. The molecule has 2 aromatic carbocycles. The van der Waals surface area contributed by atoms with E-state index in [2.05, 4.69) is 9.31 Å². The van der Waals surface area contributed by atoms with Gasteiger partial charge >= 0.3 is 26.2 Å². The van der Waals surface area contributed by atoms with Crippen molar-refractivity contribution in [1.82, 2.24) is 0 Å². The van der Waals surface area contributed by atoms with Crippen LogP contribution in [-0.4, -0.2) is 46.9 Å². The maximum atomic E-state index is 13.4. The number of fused-ring (bicyclic) bond motifs is 2. The van der Waals surface area contributed by atoms with Gasteiger partial charge in [0.2, 0.25) is 0 Å². The lowest BCUT2D eigenvalue weighted by molar-refractivity contribution is -0.266. The third kappa shape index (κ3) is 7.47. The molecule has 2 heterocycles. The number of halogens is 4. The topological polar surface area (TPSA) is 125 Å². The van der Waals surface area contributed by atoms with Crippen LogP contribution in [0.4, 0.5) is 28.6 Å². The Morgan fingerprint density at radius 1 is 0.809 bits per heavy atom. The minimum atomic E-state index is -3.50. The van der Waals surface area contributed by atoms with Gasteiger partial charge in [0.05, 0.1) is 10.9 Å². The number of hydrogen-bond acceptors (Lipinski definition) is 10. The first-order valence-electron chi connectivity index (χ1n) is 14.6. The minimum absolute atomic E-state index is 0.0749. The van der Waals surface area contributed by atoms with Crippen molar-refractivity contribution in [1.29, 1.82) is 0 Å². The third-order valence-electron chi connectivity index (χ3n) is 7.36.